The van der Waals surface area contributed by atoms with Crippen LogP contribution in [0, 0.1) is 0 Å². The van der Waals surface area contributed by atoms with Crippen LogP contribution in [-0.2, 0) is 16.0 Å². The second kappa shape index (κ2) is 7.27. The van der Waals surface area contributed by atoms with E-state index in [4.69, 9.17) is 5.73 Å². The van der Waals surface area contributed by atoms with Gasteiger partial charge in [0, 0.05) is 18.4 Å². The monoisotopic (exact) mass is 341 g/mol. The van der Waals surface area contributed by atoms with E-state index in [9.17, 15) is 24.6 Å². The average Bonchev–Trinajstić information content (AvgIpc) is 2.61. The summed E-state index contributed by atoms with van der Waals surface area (Å²) in [5.74, 6) is -2.71. The van der Waals surface area contributed by atoms with Gasteiger partial charge in [-0.1, -0.05) is 43.3 Å². The second-order valence-electron chi connectivity index (χ2n) is 5.73. The highest BCUT2D eigenvalue weighted by atomic mass is 16.4. The van der Waals surface area contributed by atoms with Gasteiger partial charge in [0.15, 0.2) is 17.1 Å². The molecule has 2 rings (SSSR count). The number of carbonyl (C=O) groups excluding carboxylic acids is 2. The number of ketones is 2. The van der Waals surface area contributed by atoms with Crippen LogP contribution in [0.5, 0.6) is 5.75 Å². The fourth-order valence-corrected chi connectivity index (χ4v) is 2.62. The van der Waals surface area contributed by atoms with Crippen molar-refractivity contribution in [2.75, 3.05) is 0 Å². The Morgan fingerprint density at radius 3 is 2.12 bits per heavy atom. The van der Waals surface area contributed by atoms with Crippen molar-refractivity contribution in [3.63, 3.8) is 0 Å². The van der Waals surface area contributed by atoms with E-state index in [1.54, 1.807) is 30.3 Å². The lowest BCUT2D eigenvalue weighted by atomic mass is 9.83. The van der Waals surface area contributed by atoms with Gasteiger partial charge in [0.25, 0.3) is 0 Å². The topological polar surface area (TPSA) is 118 Å². The zero-order chi connectivity index (χ0) is 18.6. The first-order valence-electron chi connectivity index (χ1n) is 7.77. The number of para-hydroxylation sites is 1. The van der Waals surface area contributed by atoms with E-state index in [1.807, 2.05) is 0 Å². The van der Waals surface area contributed by atoms with Gasteiger partial charge in [0.1, 0.15) is 5.75 Å². The van der Waals surface area contributed by atoms with Gasteiger partial charge in [0.2, 0.25) is 0 Å². The summed E-state index contributed by atoms with van der Waals surface area (Å²) >= 11 is 0. The molecule has 130 valence electrons. The maximum Gasteiger partial charge on any atom is 0.331 e. The minimum absolute atomic E-state index is 0.0294. The molecule has 0 unspecified atom stereocenters. The van der Waals surface area contributed by atoms with Gasteiger partial charge in [-0.05, 0) is 17.7 Å². The van der Waals surface area contributed by atoms with Gasteiger partial charge < -0.3 is 15.9 Å². The zero-order valence-electron chi connectivity index (χ0n) is 13.7. The lowest BCUT2D eigenvalue weighted by Crippen LogP contribution is -2.56. The third kappa shape index (κ3) is 3.59. The fourth-order valence-electron chi connectivity index (χ4n) is 2.62. The summed E-state index contributed by atoms with van der Waals surface area (Å²) in [4.78, 5) is 36.4. The Kier molecular flexibility index (Phi) is 5.34. The normalized spacial score (nSPS) is 13.0. The van der Waals surface area contributed by atoms with E-state index in [0.29, 0.717) is 5.56 Å². The predicted molar refractivity (Wildman–Crippen MR) is 91.5 cm³/mol. The standard InChI is InChI=1S/C19H19NO5/c1-2-16(22)19(20,18(24)25)11-12-7-3-4-8-13(12)17(23)14-9-5-6-10-15(14)21/h3-10,21H,2,11,20H2,1H3,(H,24,25)/t19-/m1/s1. The van der Waals surface area contributed by atoms with Gasteiger partial charge in [0.05, 0.1) is 5.56 Å². The minimum atomic E-state index is -2.11. The molecule has 1 atom stereocenters. The van der Waals surface area contributed by atoms with Crippen molar-refractivity contribution in [2.45, 2.75) is 25.3 Å². The van der Waals surface area contributed by atoms with Crippen LogP contribution in [0.1, 0.15) is 34.8 Å². The zero-order valence-corrected chi connectivity index (χ0v) is 13.7. The molecule has 0 fully saturated rings. The molecule has 0 heterocycles. The molecule has 2 aromatic carbocycles. The Morgan fingerprint density at radius 1 is 1.00 bits per heavy atom. The summed E-state index contributed by atoms with van der Waals surface area (Å²) in [5.41, 5.74) is 4.37. The van der Waals surface area contributed by atoms with Gasteiger partial charge in [-0.2, -0.15) is 0 Å². The summed E-state index contributed by atoms with van der Waals surface area (Å²) < 4.78 is 0. The number of carboxylic acids is 1. The van der Waals surface area contributed by atoms with Crippen molar-refractivity contribution in [3.8, 4) is 5.75 Å². The number of hydrogen-bond acceptors (Lipinski definition) is 5. The van der Waals surface area contributed by atoms with Gasteiger partial charge in [-0.25, -0.2) is 4.79 Å². The number of phenols is 1. The van der Waals surface area contributed by atoms with E-state index < -0.39 is 23.1 Å². The van der Waals surface area contributed by atoms with E-state index in [2.05, 4.69) is 0 Å². The minimum Gasteiger partial charge on any atom is -0.507 e. The van der Waals surface area contributed by atoms with Crippen LogP contribution in [0.2, 0.25) is 0 Å². The maximum absolute atomic E-state index is 12.7. The number of aromatic hydroxyl groups is 1. The Hall–Kier alpha value is -2.99. The number of Topliss-reactive ketones (excluding diaryl/α,β-unsaturated/α-hetero) is 1. The average molecular weight is 341 g/mol. The van der Waals surface area contributed by atoms with Crippen molar-refractivity contribution in [3.05, 3.63) is 65.2 Å². The molecule has 0 amide bonds. The number of hydrogen-bond donors (Lipinski definition) is 3. The molecule has 0 radical (unpaired) electrons. The highest BCUT2D eigenvalue weighted by Gasteiger charge is 2.41. The molecule has 0 spiro atoms. The molecule has 0 saturated carbocycles. The van der Waals surface area contributed by atoms with E-state index in [1.165, 1.54) is 25.1 Å². The summed E-state index contributed by atoms with van der Waals surface area (Å²) in [7, 11) is 0. The first-order valence-corrected chi connectivity index (χ1v) is 7.77. The van der Waals surface area contributed by atoms with E-state index >= 15 is 0 Å². The van der Waals surface area contributed by atoms with Crippen LogP contribution in [0.4, 0.5) is 0 Å². The SMILES string of the molecule is CCC(=O)[C@](N)(Cc1ccccc1C(=O)c1ccccc1O)C(=O)O. The number of benzene rings is 2. The number of rotatable bonds is 7. The first kappa shape index (κ1) is 18.4. The molecule has 0 aliphatic heterocycles. The Labute approximate surface area is 144 Å². The lowest BCUT2D eigenvalue weighted by molar-refractivity contribution is -0.148. The molecule has 6 heteroatoms. The molecule has 25 heavy (non-hydrogen) atoms. The van der Waals surface area contributed by atoms with Crippen LogP contribution in [0.3, 0.4) is 0 Å². The third-order valence-corrected chi connectivity index (χ3v) is 4.08. The molecular weight excluding hydrogens is 322 g/mol. The summed E-state index contributed by atoms with van der Waals surface area (Å²) in [6.07, 6.45) is -0.344. The first-order chi connectivity index (χ1) is 11.8. The molecule has 2 aromatic rings. The smallest absolute Gasteiger partial charge is 0.331 e. The number of phenolic OH excluding ortho intramolecular Hbond substituents is 1. The predicted octanol–water partition coefficient (Wildman–Crippen LogP) is 1.93. The summed E-state index contributed by atoms with van der Waals surface area (Å²) in [5, 5.41) is 19.3. The fraction of sp³-hybridized carbons (Fsp3) is 0.211. The molecule has 0 bridgehead atoms. The van der Waals surface area contributed by atoms with Crippen molar-refractivity contribution < 1.29 is 24.6 Å². The molecule has 0 aliphatic carbocycles. The Morgan fingerprint density at radius 2 is 1.56 bits per heavy atom. The molecule has 6 nitrogen and oxygen atoms in total. The van der Waals surface area contributed by atoms with Crippen molar-refractivity contribution in [1.29, 1.82) is 0 Å². The Balaban J connectivity index is 2.48. The largest absolute Gasteiger partial charge is 0.507 e. The lowest BCUT2D eigenvalue weighted by Gasteiger charge is -2.24. The number of carbonyl (C=O) groups is 3. The van der Waals surface area contributed by atoms with Gasteiger partial charge in [-0.15, -0.1) is 0 Å². The number of nitrogens with two attached hydrogens (primary N) is 1. The van der Waals surface area contributed by atoms with Crippen LogP contribution >= 0.6 is 0 Å². The maximum atomic E-state index is 12.7. The van der Waals surface area contributed by atoms with Crippen molar-refractivity contribution in [1.82, 2.24) is 0 Å². The van der Waals surface area contributed by atoms with E-state index in [-0.39, 0.29) is 29.7 Å². The highest BCUT2D eigenvalue weighted by molar-refractivity contribution is 6.12. The van der Waals surface area contributed by atoms with Crippen LogP contribution < -0.4 is 5.73 Å². The van der Waals surface area contributed by atoms with Gasteiger partial charge >= 0.3 is 5.97 Å². The highest BCUT2D eigenvalue weighted by Crippen LogP contribution is 2.24. The quantitative estimate of drug-likeness (QED) is 0.523. The van der Waals surface area contributed by atoms with Crippen LogP contribution in [-0.4, -0.2) is 33.3 Å². The van der Waals surface area contributed by atoms with Crippen LogP contribution in [0.15, 0.2) is 48.5 Å². The van der Waals surface area contributed by atoms with Crippen molar-refractivity contribution in [2.24, 2.45) is 5.73 Å². The molecule has 0 saturated heterocycles. The number of carboxylic acid groups (broad SMARTS) is 1. The summed E-state index contributed by atoms with van der Waals surface area (Å²) in [6, 6.07) is 12.4. The Bertz CT molecular complexity index is 830. The summed E-state index contributed by atoms with van der Waals surface area (Å²) in [6.45, 7) is 1.53. The number of aliphatic carboxylic acids is 1. The second-order valence-corrected chi connectivity index (χ2v) is 5.73. The molecule has 4 N–H and O–H groups in total. The molecule has 0 aromatic heterocycles. The molecular formula is C19H19NO5. The van der Waals surface area contributed by atoms with E-state index in [0.717, 1.165) is 0 Å². The van der Waals surface area contributed by atoms with Crippen molar-refractivity contribution >= 4 is 17.5 Å². The molecule has 0 aliphatic rings. The third-order valence-electron chi connectivity index (χ3n) is 4.08. The van der Waals surface area contributed by atoms with Gasteiger partial charge in [-0.3, -0.25) is 9.59 Å². The van der Waals surface area contributed by atoms with Crippen LogP contribution in [0.25, 0.3) is 0 Å².